The highest BCUT2D eigenvalue weighted by Crippen LogP contribution is 2.16. The standard InChI is InChI=1S/C16H14N4O2/c1-11-8-15(20-22-11)16(21)19-10-12-2-7-18-14(9-12)13-3-5-17-6-4-13/h2-9H,10H2,1H3,(H,19,21). The van der Waals surface area contributed by atoms with Crippen LogP contribution in [0.15, 0.2) is 53.4 Å². The molecule has 3 aromatic heterocycles. The van der Waals surface area contributed by atoms with Gasteiger partial charge in [-0.25, -0.2) is 0 Å². The third kappa shape index (κ3) is 3.17. The molecule has 0 spiro atoms. The Kier molecular flexibility index (Phi) is 3.91. The number of hydrogen-bond donors (Lipinski definition) is 1. The smallest absolute Gasteiger partial charge is 0.273 e. The topological polar surface area (TPSA) is 80.9 Å². The first-order valence-electron chi connectivity index (χ1n) is 6.79. The minimum Gasteiger partial charge on any atom is -0.361 e. The van der Waals surface area contributed by atoms with Crippen LogP contribution in [0.5, 0.6) is 0 Å². The lowest BCUT2D eigenvalue weighted by Gasteiger charge is -2.05. The van der Waals surface area contributed by atoms with Gasteiger partial charge in [-0.15, -0.1) is 0 Å². The molecule has 6 heteroatoms. The lowest BCUT2D eigenvalue weighted by atomic mass is 10.1. The van der Waals surface area contributed by atoms with Crippen molar-refractivity contribution in [1.29, 1.82) is 0 Å². The van der Waals surface area contributed by atoms with E-state index in [1.807, 2.05) is 24.3 Å². The number of aromatic nitrogens is 3. The van der Waals surface area contributed by atoms with Crippen LogP contribution in [0.4, 0.5) is 0 Å². The zero-order valence-electron chi connectivity index (χ0n) is 12.0. The molecule has 0 radical (unpaired) electrons. The van der Waals surface area contributed by atoms with Crippen molar-refractivity contribution >= 4 is 5.91 Å². The molecule has 110 valence electrons. The Balaban J connectivity index is 1.70. The Bertz CT molecular complexity index is 784. The largest absolute Gasteiger partial charge is 0.361 e. The van der Waals surface area contributed by atoms with Crippen LogP contribution in [0.3, 0.4) is 0 Å². The second-order valence-corrected chi connectivity index (χ2v) is 4.79. The average molecular weight is 294 g/mol. The molecule has 0 unspecified atom stereocenters. The SMILES string of the molecule is Cc1cc(C(=O)NCc2ccnc(-c3ccncc3)c2)no1. The van der Waals surface area contributed by atoms with E-state index >= 15 is 0 Å². The lowest BCUT2D eigenvalue weighted by Crippen LogP contribution is -2.23. The molecule has 0 saturated heterocycles. The molecule has 0 fully saturated rings. The summed E-state index contributed by atoms with van der Waals surface area (Å²) in [6.45, 7) is 2.14. The third-order valence-electron chi connectivity index (χ3n) is 3.11. The fourth-order valence-corrected chi connectivity index (χ4v) is 2.01. The predicted molar refractivity (Wildman–Crippen MR) is 79.9 cm³/mol. The Hall–Kier alpha value is -3.02. The maximum Gasteiger partial charge on any atom is 0.273 e. The second kappa shape index (κ2) is 6.17. The number of rotatable bonds is 4. The van der Waals surface area contributed by atoms with Crippen LogP contribution in [0.2, 0.25) is 0 Å². The Morgan fingerprint density at radius 1 is 1.18 bits per heavy atom. The van der Waals surface area contributed by atoms with Gasteiger partial charge in [-0.2, -0.15) is 0 Å². The highest BCUT2D eigenvalue weighted by molar-refractivity contribution is 5.92. The fraction of sp³-hybridized carbons (Fsp3) is 0.125. The number of nitrogens with zero attached hydrogens (tertiary/aromatic N) is 3. The van der Waals surface area contributed by atoms with E-state index in [0.29, 0.717) is 12.3 Å². The number of carbonyl (C=O) groups is 1. The van der Waals surface area contributed by atoms with Gasteiger partial charge in [0.1, 0.15) is 5.76 Å². The van der Waals surface area contributed by atoms with Crippen molar-refractivity contribution < 1.29 is 9.32 Å². The van der Waals surface area contributed by atoms with E-state index in [0.717, 1.165) is 16.8 Å². The van der Waals surface area contributed by atoms with Crippen LogP contribution >= 0.6 is 0 Å². The second-order valence-electron chi connectivity index (χ2n) is 4.79. The van der Waals surface area contributed by atoms with E-state index in [-0.39, 0.29) is 11.6 Å². The van der Waals surface area contributed by atoms with E-state index in [9.17, 15) is 4.79 Å². The van der Waals surface area contributed by atoms with Gasteiger partial charge in [0, 0.05) is 36.8 Å². The molecule has 0 saturated carbocycles. The molecule has 3 heterocycles. The average Bonchev–Trinajstić information content (AvgIpc) is 3.00. The monoisotopic (exact) mass is 294 g/mol. The molecule has 6 nitrogen and oxygen atoms in total. The van der Waals surface area contributed by atoms with E-state index < -0.39 is 0 Å². The number of pyridine rings is 2. The number of nitrogens with one attached hydrogen (secondary N) is 1. The summed E-state index contributed by atoms with van der Waals surface area (Å²) in [5.41, 5.74) is 3.05. The highest BCUT2D eigenvalue weighted by Gasteiger charge is 2.10. The van der Waals surface area contributed by atoms with Crippen molar-refractivity contribution in [3.05, 3.63) is 65.9 Å². The number of hydrogen-bond acceptors (Lipinski definition) is 5. The minimum atomic E-state index is -0.265. The van der Waals surface area contributed by atoms with E-state index in [2.05, 4.69) is 20.4 Å². The first kappa shape index (κ1) is 13.9. The molecule has 0 bridgehead atoms. The molecule has 0 aliphatic heterocycles. The molecule has 0 atom stereocenters. The van der Waals surface area contributed by atoms with Crippen molar-refractivity contribution in [1.82, 2.24) is 20.4 Å². The Labute approximate surface area is 127 Å². The molecule has 1 amide bonds. The molecule has 0 aliphatic carbocycles. The predicted octanol–water partition coefficient (Wildman–Crippen LogP) is 2.37. The van der Waals surface area contributed by atoms with Gasteiger partial charge < -0.3 is 9.84 Å². The van der Waals surface area contributed by atoms with E-state index in [1.54, 1.807) is 31.6 Å². The summed E-state index contributed by atoms with van der Waals surface area (Å²) >= 11 is 0. The van der Waals surface area contributed by atoms with Crippen LogP contribution in [0, 0.1) is 6.92 Å². The quantitative estimate of drug-likeness (QED) is 0.799. The normalized spacial score (nSPS) is 10.4. The molecule has 0 aromatic carbocycles. The molecule has 0 aliphatic rings. The maximum absolute atomic E-state index is 11.9. The van der Waals surface area contributed by atoms with Crippen LogP contribution in [0.25, 0.3) is 11.3 Å². The molecule has 1 N–H and O–H groups in total. The summed E-state index contributed by atoms with van der Waals surface area (Å²) in [7, 11) is 0. The van der Waals surface area contributed by atoms with Gasteiger partial charge >= 0.3 is 0 Å². The van der Waals surface area contributed by atoms with Crippen molar-refractivity contribution in [2.24, 2.45) is 0 Å². The molecule has 22 heavy (non-hydrogen) atoms. The van der Waals surface area contributed by atoms with Crippen LogP contribution in [0.1, 0.15) is 21.8 Å². The summed E-state index contributed by atoms with van der Waals surface area (Å²) in [6, 6.07) is 9.18. The molecular weight excluding hydrogens is 280 g/mol. The van der Waals surface area contributed by atoms with Crippen molar-refractivity contribution in [3.8, 4) is 11.3 Å². The van der Waals surface area contributed by atoms with Gasteiger partial charge in [0.25, 0.3) is 5.91 Å². The first-order chi connectivity index (χ1) is 10.7. The van der Waals surface area contributed by atoms with Gasteiger partial charge in [-0.3, -0.25) is 14.8 Å². The number of aryl methyl sites for hydroxylation is 1. The summed E-state index contributed by atoms with van der Waals surface area (Å²) in [6.07, 6.45) is 5.16. The number of amides is 1. The molecule has 3 aromatic rings. The Morgan fingerprint density at radius 3 is 2.73 bits per heavy atom. The van der Waals surface area contributed by atoms with Crippen LogP contribution in [-0.4, -0.2) is 21.0 Å². The van der Waals surface area contributed by atoms with Crippen LogP contribution < -0.4 is 5.32 Å². The third-order valence-corrected chi connectivity index (χ3v) is 3.11. The fourth-order valence-electron chi connectivity index (χ4n) is 2.01. The van der Waals surface area contributed by atoms with Crippen molar-refractivity contribution in [3.63, 3.8) is 0 Å². The van der Waals surface area contributed by atoms with Gasteiger partial charge in [-0.1, -0.05) is 5.16 Å². The lowest BCUT2D eigenvalue weighted by molar-refractivity contribution is 0.0942. The highest BCUT2D eigenvalue weighted by atomic mass is 16.5. The van der Waals surface area contributed by atoms with E-state index in [4.69, 9.17) is 4.52 Å². The van der Waals surface area contributed by atoms with Crippen molar-refractivity contribution in [2.45, 2.75) is 13.5 Å². The summed E-state index contributed by atoms with van der Waals surface area (Å²) in [5, 5.41) is 6.49. The summed E-state index contributed by atoms with van der Waals surface area (Å²) in [4.78, 5) is 20.2. The van der Waals surface area contributed by atoms with Gasteiger partial charge in [0.2, 0.25) is 0 Å². The van der Waals surface area contributed by atoms with E-state index in [1.165, 1.54) is 0 Å². The van der Waals surface area contributed by atoms with Crippen molar-refractivity contribution in [2.75, 3.05) is 0 Å². The minimum absolute atomic E-state index is 0.265. The zero-order chi connectivity index (χ0) is 15.4. The van der Waals surface area contributed by atoms with Gasteiger partial charge in [-0.05, 0) is 36.8 Å². The number of carbonyl (C=O) groups excluding carboxylic acids is 1. The molecular formula is C16H14N4O2. The zero-order valence-corrected chi connectivity index (χ0v) is 12.0. The summed E-state index contributed by atoms with van der Waals surface area (Å²) < 4.78 is 4.89. The summed E-state index contributed by atoms with van der Waals surface area (Å²) in [5.74, 6) is 0.341. The molecule has 3 rings (SSSR count). The van der Waals surface area contributed by atoms with Gasteiger partial charge in [0.15, 0.2) is 5.69 Å². The maximum atomic E-state index is 11.9. The Morgan fingerprint density at radius 2 is 2.00 bits per heavy atom. The van der Waals surface area contributed by atoms with Gasteiger partial charge in [0.05, 0.1) is 5.69 Å². The first-order valence-corrected chi connectivity index (χ1v) is 6.79. The van der Waals surface area contributed by atoms with Crippen LogP contribution in [-0.2, 0) is 6.54 Å².